The number of nitrogens with one attached hydrogen (secondary N) is 1. The third-order valence-corrected chi connectivity index (χ3v) is 2.69. The summed E-state index contributed by atoms with van der Waals surface area (Å²) in [7, 11) is 1.84. The first-order valence-corrected chi connectivity index (χ1v) is 5.04. The molecule has 0 unspecified atom stereocenters. The zero-order valence-electron chi connectivity index (χ0n) is 9.08. The summed E-state index contributed by atoms with van der Waals surface area (Å²) in [4.78, 5) is 0. The Morgan fingerprint density at radius 2 is 1.38 bits per heavy atom. The van der Waals surface area contributed by atoms with E-state index in [2.05, 4.69) is 5.32 Å². The molecule has 0 aliphatic heterocycles. The van der Waals surface area contributed by atoms with Crippen molar-refractivity contribution in [2.75, 3.05) is 7.05 Å². The number of alkyl halides is 2. The maximum Gasteiger partial charge on any atom is 0.248 e. The van der Waals surface area contributed by atoms with Gasteiger partial charge in [0.25, 0.3) is 0 Å². The number of halogens is 2. The van der Waals surface area contributed by atoms with Crippen LogP contribution in [0.1, 0.15) is 46.5 Å². The molecule has 1 rings (SSSR count). The van der Waals surface area contributed by atoms with E-state index in [9.17, 15) is 8.78 Å². The van der Waals surface area contributed by atoms with Crippen molar-refractivity contribution in [3.05, 3.63) is 0 Å². The van der Waals surface area contributed by atoms with E-state index in [4.69, 9.17) is 0 Å². The summed E-state index contributed by atoms with van der Waals surface area (Å²) in [5.74, 6) is -2.41. The van der Waals surface area contributed by atoms with Crippen LogP contribution in [0.15, 0.2) is 0 Å². The molecule has 3 heteroatoms. The predicted octanol–water partition coefficient (Wildman–Crippen LogP) is 3.20. The second-order valence-corrected chi connectivity index (χ2v) is 3.67. The van der Waals surface area contributed by atoms with E-state index < -0.39 is 5.92 Å². The van der Waals surface area contributed by atoms with E-state index >= 15 is 0 Å². The van der Waals surface area contributed by atoms with Gasteiger partial charge in [-0.2, -0.15) is 0 Å². The van der Waals surface area contributed by atoms with Gasteiger partial charge in [-0.3, -0.25) is 0 Å². The highest BCUT2D eigenvalue weighted by Crippen LogP contribution is 2.37. The van der Waals surface area contributed by atoms with Gasteiger partial charge in [-0.05, 0) is 26.8 Å². The van der Waals surface area contributed by atoms with Crippen molar-refractivity contribution < 1.29 is 8.78 Å². The van der Waals surface area contributed by atoms with Crippen LogP contribution in [0.4, 0.5) is 8.78 Å². The highest BCUT2D eigenvalue weighted by atomic mass is 19.3. The minimum absolute atomic E-state index is 0.0321. The lowest BCUT2D eigenvalue weighted by Crippen LogP contribution is -2.45. The molecule has 0 bridgehead atoms. The van der Waals surface area contributed by atoms with Gasteiger partial charge < -0.3 is 5.32 Å². The minimum Gasteiger partial charge on any atom is -0.315 e. The maximum atomic E-state index is 12.7. The number of rotatable bonds is 1. The lowest BCUT2D eigenvalue weighted by Gasteiger charge is -2.36. The monoisotopic (exact) mass is 193 g/mol. The van der Waals surface area contributed by atoms with Crippen molar-refractivity contribution in [1.29, 1.82) is 0 Å². The molecule has 0 saturated heterocycles. The molecule has 1 saturated carbocycles. The SMILES string of the molecule is CC.CNC1(C)CCC(F)(F)CC1. The molecular formula is C10H21F2N. The number of hydrogen-bond donors (Lipinski definition) is 1. The largest absolute Gasteiger partial charge is 0.315 e. The van der Waals surface area contributed by atoms with Crippen LogP contribution in [-0.4, -0.2) is 18.5 Å². The molecule has 0 heterocycles. The molecule has 13 heavy (non-hydrogen) atoms. The van der Waals surface area contributed by atoms with Crippen LogP contribution in [0.3, 0.4) is 0 Å². The van der Waals surface area contributed by atoms with Crippen LogP contribution in [0.5, 0.6) is 0 Å². The first-order valence-electron chi connectivity index (χ1n) is 5.04. The molecule has 1 N–H and O–H groups in total. The molecular weight excluding hydrogens is 172 g/mol. The van der Waals surface area contributed by atoms with E-state index in [1.807, 2.05) is 27.8 Å². The smallest absolute Gasteiger partial charge is 0.248 e. The Kier molecular flexibility index (Phi) is 4.82. The Morgan fingerprint density at radius 1 is 1.00 bits per heavy atom. The van der Waals surface area contributed by atoms with Gasteiger partial charge in [-0.1, -0.05) is 13.8 Å². The molecule has 0 aromatic carbocycles. The summed E-state index contributed by atoms with van der Waals surface area (Å²) < 4.78 is 25.3. The molecule has 0 radical (unpaired) electrons. The van der Waals surface area contributed by atoms with Gasteiger partial charge >= 0.3 is 0 Å². The maximum absolute atomic E-state index is 12.7. The molecule has 1 fully saturated rings. The summed E-state index contributed by atoms with van der Waals surface area (Å²) in [6.07, 6.45) is 1.22. The van der Waals surface area contributed by atoms with Crippen LogP contribution < -0.4 is 5.32 Å². The van der Waals surface area contributed by atoms with E-state index in [1.165, 1.54) is 0 Å². The molecule has 0 spiro atoms. The van der Waals surface area contributed by atoms with E-state index in [0.717, 1.165) is 0 Å². The van der Waals surface area contributed by atoms with Crippen LogP contribution in [-0.2, 0) is 0 Å². The average molecular weight is 193 g/mol. The van der Waals surface area contributed by atoms with Crippen LogP contribution in [0.25, 0.3) is 0 Å². The highest BCUT2D eigenvalue weighted by Gasteiger charge is 2.39. The molecule has 1 nitrogen and oxygen atoms in total. The second kappa shape index (κ2) is 4.89. The van der Waals surface area contributed by atoms with E-state index in [-0.39, 0.29) is 18.4 Å². The number of hydrogen-bond acceptors (Lipinski definition) is 1. The third kappa shape index (κ3) is 4.03. The Labute approximate surface area is 79.9 Å². The van der Waals surface area contributed by atoms with Gasteiger partial charge in [-0.15, -0.1) is 0 Å². The first kappa shape index (κ1) is 12.8. The zero-order valence-corrected chi connectivity index (χ0v) is 9.08. The molecule has 0 amide bonds. The summed E-state index contributed by atoms with van der Waals surface area (Å²) in [6, 6.07) is 0. The highest BCUT2D eigenvalue weighted by molar-refractivity contribution is 4.90. The average Bonchev–Trinajstić information content (AvgIpc) is 2.14. The summed E-state index contributed by atoms with van der Waals surface area (Å²) in [5, 5.41) is 3.08. The summed E-state index contributed by atoms with van der Waals surface area (Å²) in [5.41, 5.74) is -0.0539. The Balaban J connectivity index is 0.000000671. The summed E-state index contributed by atoms with van der Waals surface area (Å²) >= 11 is 0. The van der Waals surface area contributed by atoms with Crippen molar-refractivity contribution in [2.45, 2.75) is 57.9 Å². The normalized spacial score (nSPS) is 24.5. The van der Waals surface area contributed by atoms with Crippen LogP contribution >= 0.6 is 0 Å². The fourth-order valence-electron chi connectivity index (χ4n) is 1.42. The zero-order chi connectivity index (χ0) is 10.5. The molecule has 80 valence electrons. The molecule has 1 aliphatic carbocycles. The third-order valence-electron chi connectivity index (χ3n) is 2.69. The van der Waals surface area contributed by atoms with Crippen molar-refractivity contribution in [3.63, 3.8) is 0 Å². The Hall–Kier alpha value is -0.180. The van der Waals surface area contributed by atoms with Crippen molar-refractivity contribution in [3.8, 4) is 0 Å². The van der Waals surface area contributed by atoms with Crippen molar-refractivity contribution >= 4 is 0 Å². The Morgan fingerprint density at radius 3 is 1.69 bits per heavy atom. The van der Waals surface area contributed by atoms with Crippen molar-refractivity contribution in [1.82, 2.24) is 5.32 Å². The lowest BCUT2D eigenvalue weighted by molar-refractivity contribution is -0.0523. The molecule has 0 aromatic rings. The standard InChI is InChI=1S/C8H15F2N.C2H6/c1-7(11-2)3-5-8(9,10)6-4-7;1-2/h11H,3-6H2,1-2H3;1-2H3. The van der Waals surface area contributed by atoms with Crippen molar-refractivity contribution in [2.24, 2.45) is 0 Å². The molecule has 0 atom stereocenters. The van der Waals surface area contributed by atoms with Crippen LogP contribution in [0.2, 0.25) is 0 Å². The first-order chi connectivity index (χ1) is 5.97. The van der Waals surface area contributed by atoms with Gasteiger partial charge in [0, 0.05) is 18.4 Å². The predicted molar refractivity (Wildman–Crippen MR) is 52.2 cm³/mol. The Bertz CT molecular complexity index is 136. The van der Waals surface area contributed by atoms with Gasteiger partial charge in [0.05, 0.1) is 0 Å². The topological polar surface area (TPSA) is 12.0 Å². The quantitative estimate of drug-likeness (QED) is 0.674. The second-order valence-electron chi connectivity index (χ2n) is 3.67. The molecule has 0 aromatic heterocycles. The van der Waals surface area contributed by atoms with Gasteiger partial charge in [0.1, 0.15) is 0 Å². The summed E-state index contributed by atoms with van der Waals surface area (Å²) in [6.45, 7) is 6.00. The van der Waals surface area contributed by atoms with Gasteiger partial charge in [0.15, 0.2) is 0 Å². The minimum atomic E-state index is -2.41. The van der Waals surface area contributed by atoms with Gasteiger partial charge in [0.2, 0.25) is 5.92 Å². The molecule has 1 aliphatic rings. The lowest BCUT2D eigenvalue weighted by atomic mass is 9.81. The van der Waals surface area contributed by atoms with E-state index in [0.29, 0.717) is 12.8 Å². The van der Waals surface area contributed by atoms with Crippen LogP contribution in [0, 0.1) is 0 Å². The fourth-order valence-corrected chi connectivity index (χ4v) is 1.42. The van der Waals surface area contributed by atoms with Gasteiger partial charge in [-0.25, -0.2) is 8.78 Å². The van der Waals surface area contributed by atoms with E-state index in [1.54, 1.807) is 0 Å². The fraction of sp³-hybridized carbons (Fsp3) is 1.00.